The smallest absolute Gasteiger partial charge is 0.326 e. The number of amides is 1. The molecule has 0 saturated carbocycles. The van der Waals surface area contributed by atoms with Gasteiger partial charge in [-0.15, -0.1) is 0 Å². The number of aromatic nitrogens is 1. The number of para-hydroxylation sites is 1. The minimum absolute atomic E-state index is 0.158. The molecule has 0 fully saturated rings. The second-order valence-corrected chi connectivity index (χ2v) is 5.79. The number of pyridine rings is 1. The van der Waals surface area contributed by atoms with Crippen molar-refractivity contribution in [2.24, 2.45) is 5.92 Å². The molecule has 1 atom stereocenters. The SMILES string of the molecule is CC(C)C[C@H](NC(=O)c1ccc(Oc2ccccc2)nc1)C(=O)O. The zero-order valence-corrected chi connectivity index (χ0v) is 13.6. The van der Waals surface area contributed by atoms with E-state index < -0.39 is 17.9 Å². The number of ether oxygens (including phenoxy) is 1. The topological polar surface area (TPSA) is 88.5 Å². The van der Waals surface area contributed by atoms with E-state index in [4.69, 9.17) is 4.74 Å². The van der Waals surface area contributed by atoms with Gasteiger partial charge in [0, 0.05) is 12.3 Å². The van der Waals surface area contributed by atoms with Crippen LogP contribution in [0.15, 0.2) is 48.7 Å². The average Bonchev–Trinajstić information content (AvgIpc) is 2.55. The molecule has 2 rings (SSSR count). The van der Waals surface area contributed by atoms with Crippen molar-refractivity contribution >= 4 is 11.9 Å². The summed E-state index contributed by atoms with van der Waals surface area (Å²) in [6.07, 6.45) is 1.73. The number of hydrogen-bond acceptors (Lipinski definition) is 4. The van der Waals surface area contributed by atoms with Gasteiger partial charge in [-0.2, -0.15) is 0 Å². The van der Waals surface area contributed by atoms with Crippen LogP contribution < -0.4 is 10.1 Å². The molecule has 1 amide bonds. The summed E-state index contributed by atoms with van der Waals surface area (Å²) >= 11 is 0. The summed E-state index contributed by atoms with van der Waals surface area (Å²) in [7, 11) is 0. The van der Waals surface area contributed by atoms with E-state index in [0.717, 1.165) is 0 Å². The number of nitrogens with zero attached hydrogens (tertiary/aromatic N) is 1. The van der Waals surface area contributed by atoms with Crippen molar-refractivity contribution in [1.82, 2.24) is 10.3 Å². The summed E-state index contributed by atoms with van der Waals surface area (Å²) in [4.78, 5) is 27.4. The first-order chi connectivity index (χ1) is 11.5. The molecular formula is C18H20N2O4. The summed E-state index contributed by atoms with van der Waals surface area (Å²) in [5, 5.41) is 11.7. The molecule has 0 bridgehead atoms. The predicted molar refractivity (Wildman–Crippen MR) is 89.1 cm³/mol. The second kappa shape index (κ2) is 8.10. The van der Waals surface area contributed by atoms with Gasteiger partial charge in [-0.1, -0.05) is 32.0 Å². The molecule has 2 N–H and O–H groups in total. The third kappa shape index (κ3) is 5.08. The molecule has 2 aromatic rings. The molecule has 0 aliphatic carbocycles. The fourth-order valence-electron chi connectivity index (χ4n) is 2.12. The maximum atomic E-state index is 12.2. The van der Waals surface area contributed by atoms with Crippen LogP contribution in [0.3, 0.4) is 0 Å². The Bertz CT molecular complexity index is 684. The lowest BCUT2D eigenvalue weighted by molar-refractivity contribution is -0.139. The zero-order valence-electron chi connectivity index (χ0n) is 13.6. The molecular weight excluding hydrogens is 308 g/mol. The highest BCUT2D eigenvalue weighted by Gasteiger charge is 2.21. The summed E-state index contributed by atoms with van der Waals surface area (Å²) in [5.74, 6) is -0.359. The highest BCUT2D eigenvalue weighted by atomic mass is 16.5. The Morgan fingerprint density at radius 2 is 1.88 bits per heavy atom. The lowest BCUT2D eigenvalue weighted by Crippen LogP contribution is -2.41. The number of benzene rings is 1. The van der Waals surface area contributed by atoms with Crippen LogP contribution in [0.4, 0.5) is 0 Å². The van der Waals surface area contributed by atoms with Gasteiger partial charge >= 0.3 is 5.97 Å². The molecule has 1 heterocycles. The Morgan fingerprint density at radius 1 is 1.17 bits per heavy atom. The minimum Gasteiger partial charge on any atom is -0.480 e. The molecule has 126 valence electrons. The van der Waals surface area contributed by atoms with Crippen LogP contribution in [-0.4, -0.2) is 28.0 Å². The molecule has 0 saturated heterocycles. The fraction of sp³-hybridized carbons (Fsp3) is 0.278. The first kappa shape index (κ1) is 17.5. The molecule has 0 aliphatic heterocycles. The zero-order chi connectivity index (χ0) is 17.5. The van der Waals surface area contributed by atoms with E-state index >= 15 is 0 Å². The summed E-state index contributed by atoms with van der Waals surface area (Å²) in [6, 6.07) is 11.4. The number of carbonyl (C=O) groups excluding carboxylic acids is 1. The van der Waals surface area contributed by atoms with E-state index in [2.05, 4.69) is 10.3 Å². The Hall–Kier alpha value is -2.89. The summed E-state index contributed by atoms with van der Waals surface area (Å²) < 4.78 is 5.55. The van der Waals surface area contributed by atoms with Gasteiger partial charge in [0.15, 0.2) is 0 Å². The molecule has 0 aliphatic rings. The summed E-state index contributed by atoms with van der Waals surface area (Å²) in [5.41, 5.74) is 0.283. The van der Waals surface area contributed by atoms with Crippen molar-refractivity contribution in [2.75, 3.05) is 0 Å². The van der Waals surface area contributed by atoms with Crippen LogP contribution in [0, 0.1) is 5.92 Å². The Labute approximate surface area is 140 Å². The van der Waals surface area contributed by atoms with Crippen molar-refractivity contribution < 1.29 is 19.4 Å². The molecule has 0 unspecified atom stereocenters. The van der Waals surface area contributed by atoms with Crippen LogP contribution in [0.5, 0.6) is 11.6 Å². The third-order valence-electron chi connectivity index (χ3n) is 3.27. The molecule has 1 aromatic heterocycles. The third-order valence-corrected chi connectivity index (χ3v) is 3.27. The van der Waals surface area contributed by atoms with Gasteiger partial charge in [-0.3, -0.25) is 4.79 Å². The largest absolute Gasteiger partial charge is 0.480 e. The molecule has 24 heavy (non-hydrogen) atoms. The van der Waals surface area contributed by atoms with Crippen molar-refractivity contribution in [1.29, 1.82) is 0 Å². The molecule has 0 spiro atoms. The van der Waals surface area contributed by atoms with Crippen LogP contribution in [0.25, 0.3) is 0 Å². The number of carboxylic acid groups (broad SMARTS) is 1. The second-order valence-electron chi connectivity index (χ2n) is 5.79. The van der Waals surface area contributed by atoms with Crippen LogP contribution in [-0.2, 0) is 4.79 Å². The Balaban J connectivity index is 2.01. The van der Waals surface area contributed by atoms with Gasteiger partial charge in [-0.05, 0) is 30.5 Å². The van der Waals surface area contributed by atoms with Gasteiger partial charge < -0.3 is 15.2 Å². The Morgan fingerprint density at radius 3 is 2.42 bits per heavy atom. The average molecular weight is 328 g/mol. The van der Waals surface area contributed by atoms with Crippen molar-refractivity contribution in [3.63, 3.8) is 0 Å². The van der Waals surface area contributed by atoms with Crippen molar-refractivity contribution in [3.05, 3.63) is 54.2 Å². The predicted octanol–water partition coefficient (Wildman–Crippen LogP) is 3.10. The van der Waals surface area contributed by atoms with E-state index in [0.29, 0.717) is 18.1 Å². The normalized spacial score (nSPS) is 11.8. The van der Waals surface area contributed by atoms with Crippen LogP contribution >= 0.6 is 0 Å². The number of nitrogens with one attached hydrogen (secondary N) is 1. The maximum Gasteiger partial charge on any atom is 0.326 e. The van der Waals surface area contributed by atoms with Gasteiger partial charge in [0.1, 0.15) is 11.8 Å². The fourth-order valence-corrected chi connectivity index (χ4v) is 2.12. The first-order valence-electron chi connectivity index (χ1n) is 7.68. The van der Waals surface area contributed by atoms with E-state index in [1.807, 2.05) is 32.0 Å². The molecule has 6 heteroatoms. The van der Waals surface area contributed by atoms with Gasteiger partial charge in [-0.25, -0.2) is 9.78 Å². The maximum absolute atomic E-state index is 12.2. The van der Waals surface area contributed by atoms with Gasteiger partial charge in [0.05, 0.1) is 5.56 Å². The number of rotatable bonds is 7. The highest BCUT2D eigenvalue weighted by molar-refractivity contribution is 5.96. The standard InChI is InChI=1S/C18H20N2O4/c1-12(2)10-15(18(22)23)20-17(21)13-8-9-16(19-11-13)24-14-6-4-3-5-7-14/h3-9,11-12,15H,10H2,1-2H3,(H,20,21)(H,22,23)/t15-/m0/s1. The van der Waals surface area contributed by atoms with E-state index in [1.165, 1.54) is 6.20 Å². The number of carboxylic acids is 1. The van der Waals surface area contributed by atoms with Crippen LogP contribution in [0.2, 0.25) is 0 Å². The van der Waals surface area contributed by atoms with E-state index in [9.17, 15) is 14.7 Å². The molecule has 0 radical (unpaired) electrons. The van der Waals surface area contributed by atoms with E-state index in [-0.39, 0.29) is 11.5 Å². The van der Waals surface area contributed by atoms with Crippen LogP contribution in [0.1, 0.15) is 30.6 Å². The Kier molecular flexibility index (Phi) is 5.89. The number of carbonyl (C=O) groups is 2. The number of aliphatic carboxylic acids is 1. The lowest BCUT2D eigenvalue weighted by Gasteiger charge is -2.16. The van der Waals surface area contributed by atoms with Crippen molar-refractivity contribution in [2.45, 2.75) is 26.3 Å². The van der Waals surface area contributed by atoms with Crippen molar-refractivity contribution in [3.8, 4) is 11.6 Å². The minimum atomic E-state index is -1.05. The summed E-state index contributed by atoms with van der Waals surface area (Å²) in [6.45, 7) is 3.80. The highest BCUT2D eigenvalue weighted by Crippen LogP contribution is 2.18. The van der Waals surface area contributed by atoms with Gasteiger partial charge in [0.25, 0.3) is 5.91 Å². The monoisotopic (exact) mass is 328 g/mol. The van der Waals surface area contributed by atoms with Gasteiger partial charge in [0.2, 0.25) is 5.88 Å². The number of hydrogen-bond donors (Lipinski definition) is 2. The lowest BCUT2D eigenvalue weighted by atomic mass is 10.0. The van der Waals surface area contributed by atoms with E-state index in [1.54, 1.807) is 24.3 Å². The molecule has 1 aromatic carbocycles. The first-order valence-corrected chi connectivity index (χ1v) is 7.68. The quantitative estimate of drug-likeness (QED) is 0.815. The molecule has 6 nitrogen and oxygen atoms in total.